The highest BCUT2D eigenvalue weighted by Gasteiger charge is 2.26. The normalized spacial score (nSPS) is 24.6. The number of ketones is 1. The number of carbonyl (C=O) groups excluding carboxylic acids is 1. The van der Waals surface area contributed by atoms with Gasteiger partial charge in [-0.1, -0.05) is 13.3 Å². The van der Waals surface area contributed by atoms with Crippen LogP contribution in [0, 0.1) is 11.8 Å². The smallest absolute Gasteiger partial charge is 0.184 e. The van der Waals surface area contributed by atoms with Crippen molar-refractivity contribution in [1.82, 2.24) is 4.98 Å². The molecule has 17 heavy (non-hydrogen) atoms. The van der Waals surface area contributed by atoms with Gasteiger partial charge < -0.3 is 0 Å². The van der Waals surface area contributed by atoms with E-state index in [4.69, 9.17) is 0 Å². The van der Waals surface area contributed by atoms with Gasteiger partial charge in [-0.15, -0.1) is 0 Å². The summed E-state index contributed by atoms with van der Waals surface area (Å²) in [6.07, 6.45) is 7.42. The first-order chi connectivity index (χ1) is 8.20. The Hall–Kier alpha value is -0.700. The van der Waals surface area contributed by atoms with Gasteiger partial charge in [0.1, 0.15) is 5.69 Å². The lowest BCUT2D eigenvalue weighted by molar-refractivity contribution is 0.0866. The summed E-state index contributed by atoms with van der Waals surface area (Å²) in [4.78, 5) is 16.4. The van der Waals surface area contributed by atoms with Gasteiger partial charge in [0.2, 0.25) is 0 Å². The first kappa shape index (κ1) is 12.7. The van der Waals surface area contributed by atoms with Crippen LogP contribution in [0.1, 0.15) is 49.5 Å². The molecule has 1 aromatic heterocycles. The molecule has 1 aliphatic carbocycles. The largest absolute Gasteiger partial charge is 0.292 e. The summed E-state index contributed by atoms with van der Waals surface area (Å²) in [6, 6.07) is 3.70. The quantitative estimate of drug-likeness (QED) is 0.781. The minimum absolute atomic E-state index is 0.200. The zero-order valence-electron chi connectivity index (χ0n) is 10.2. The van der Waals surface area contributed by atoms with E-state index in [1.165, 1.54) is 19.3 Å². The molecule has 1 heterocycles. The maximum Gasteiger partial charge on any atom is 0.184 e. The van der Waals surface area contributed by atoms with Gasteiger partial charge in [0, 0.05) is 16.6 Å². The monoisotopic (exact) mass is 295 g/mol. The van der Waals surface area contributed by atoms with E-state index < -0.39 is 0 Å². The van der Waals surface area contributed by atoms with Crippen molar-refractivity contribution in [2.75, 3.05) is 0 Å². The highest BCUT2D eigenvalue weighted by Crippen LogP contribution is 2.32. The Kier molecular flexibility index (Phi) is 4.32. The number of rotatable bonds is 3. The zero-order valence-corrected chi connectivity index (χ0v) is 11.7. The molecule has 0 bridgehead atoms. The number of aromatic nitrogens is 1. The molecule has 0 unspecified atom stereocenters. The maximum absolute atomic E-state index is 12.2. The van der Waals surface area contributed by atoms with Crippen LogP contribution in [0.2, 0.25) is 0 Å². The molecule has 1 saturated carbocycles. The van der Waals surface area contributed by atoms with Gasteiger partial charge in [-0.05, 0) is 59.7 Å². The minimum atomic E-state index is 0.200. The maximum atomic E-state index is 12.2. The van der Waals surface area contributed by atoms with E-state index in [1.54, 1.807) is 6.20 Å². The Balaban J connectivity index is 1.99. The number of pyridine rings is 1. The van der Waals surface area contributed by atoms with Crippen molar-refractivity contribution in [3.05, 3.63) is 28.5 Å². The van der Waals surface area contributed by atoms with Crippen LogP contribution in [0.25, 0.3) is 0 Å². The summed E-state index contributed by atoms with van der Waals surface area (Å²) < 4.78 is 0.920. The molecule has 1 aromatic rings. The van der Waals surface area contributed by atoms with E-state index in [0.29, 0.717) is 5.69 Å². The van der Waals surface area contributed by atoms with Crippen molar-refractivity contribution >= 4 is 21.7 Å². The van der Waals surface area contributed by atoms with Gasteiger partial charge in [0.25, 0.3) is 0 Å². The molecule has 0 N–H and O–H groups in total. The Morgan fingerprint density at radius 3 is 2.59 bits per heavy atom. The molecule has 0 aliphatic heterocycles. The van der Waals surface area contributed by atoms with E-state index in [0.717, 1.165) is 23.2 Å². The summed E-state index contributed by atoms with van der Waals surface area (Å²) in [5.41, 5.74) is 0.619. The van der Waals surface area contributed by atoms with Crippen molar-refractivity contribution in [2.24, 2.45) is 11.8 Å². The Labute approximate surface area is 111 Å². The Morgan fingerprint density at radius 1 is 1.35 bits per heavy atom. The third-order valence-corrected chi connectivity index (χ3v) is 4.24. The van der Waals surface area contributed by atoms with Crippen molar-refractivity contribution < 1.29 is 4.79 Å². The fourth-order valence-corrected chi connectivity index (χ4v) is 2.80. The lowest BCUT2D eigenvalue weighted by Gasteiger charge is -2.26. The highest BCUT2D eigenvalue weighted by molar-refractivity contribution is 9.10. The molecule has 1 aliphatic rings. The second-order valence-corrected chi connectivity index (χ2v) is 5.77. The van der Waals surface area contributed by atoms with Crippen LogP contribution >= 0.6 is 15.9 Å². The number of Topliss-reactive ketones (excluding diaryl/α,β-unsaturated/α-hetero) is 1. The van der Waals surface area contributed by atoms with E-state index in [9.17, 15) is 4.79 Å². The zero-order chi connectivity index (χ0) is 12.3. The van der Waals surface area contributed by atoms with Crippen molar-refractivity contribution in [2.45, 2.75) is 39.0 Å². The van der Waals surface area contributed by atoms with Gasteiger partial charge in [-0.25, -0.2) is 0 Å². The molecule has 2 rings (SSSR count). The van der Waals surface area contributed by atoms with Crippen molar-refractivity contribution in [3.63, 3.8) is 0 Å². The molecule has 1 fully saturated rings. The van der Waals surface area contributed by atoms with Gasteiger partial charge in [0.15, 0.2) is 5.78 Å². The van der Waals surface area contributed by atoms with Crippen molar-refractivity contribution in [3.8, 4) is 0 Å². The summed E-state index contributed by atoms with van der Waals surface area (Å²) in [6.45, 7) is 2.24. The van der Waals surface area contributed by atoms with Crippen LogP contribution in [-0.4, -0.2) is 10.8 Å². The Morgan fingerprint density at radius 2 is 2.06 bits per heavy atom. The predicted molar refractivity (Wildman–Crippen MR) is 72.0 cm³/mol. The molecule has 2 nitrogen and oxygen atoms in total. The van der Waals surface area contributed by atoms with Crippen LogP contribution in [0.5, 0.6) is 0 Å². The highest BCUT2D eigenvalue weighted by atomic mass is 79.9. The molecule has 92 valence electrons. The van der Waals surface area contributed by atoms with E-state index >= 15 is 0 Å². The number of hydrogen-bond acceptors (Lipinski definition) is 2. The third kappa shape index (κ3) is 3.15. The molecule has 0 amide bonds. The summed E-state index contributed by atoms with van der Waals surface area (Å²) in [5, 5.41) is 0. The first-order valence-electron chi connectivity index (χ1n) is 6.36. The fourth-order valence-electron chi connectivity index (χ4n) is 2.56. The third-order valence-electron chi connectivity index (χ3n) is 3.77. The summed E-state index contributed by atoms with van der Waals surface area (Å²) in [7, 11) is 0. The average molecular weight is 296 g/mol. The second-order valence-electron chi connectivity index (χ2n) is 4.85. The fraction of sp³-hybridized carbons (Fsp3) is 0.571. The minimum Gasteiger partial charge on any atom is -0.292 e. The molecule has 0 spiro atoms. The number of hydrogen-bond donors (Lipinski definition) is 0. The summed E-state index contributed by atoms with van der Waals surface area (Å²) in [5.74, 6) is 1.26. The Bertz CT molecular complexity index is 380. The van der Waals surface area contributed by atoms with Gasteiger partial charge in [-0.3, -0.25) is 9.78 Å². The molecule has 0 aromatic carbocycles. The van der Waals surface area contributed by atoms with Gasteiger partial charge in [0.05, 0.1) is 0 Å². The topological polar surface area (TPSA) is 30.0 Å². The van der Waals surface area contributed by atoms with Crippen LogP contribution < -0.4 is 0 Å². The van der Waals surface area contributed by atoms with Crippen LogP contribution in [-0.2, 0) is 0 Å². The molecule has 0 atom stereocenters. The van der Waals surface area contributed by atoms with E-state index in [2.05, 4.69) is 27.8 Å². The van der Waals surface area contributed by atoms with Gasteiger partial charge >= 0.3 is 0 Å². The molecular formula is C14H18BrNO. The lowest BCUT2D eigenvalue weighted by Crippen LogP contribution is -2.22. The molecule has 3 heteroatoms. The first-order valence-corrected chi connectivity index (χ1v) is 7.15. The van der Waals surface area contributed by atoms with Crippen LogP contribution in [0.15, 0.2) is 22.8 Å². The van der Waals surface area contributed by atoms with Gasteiger partial charge in [-0.2, -0.15) is 0 Å². The summed E-state index contributed by atoms with van der Waals surface area (Å²) >= 11 is 3.33. The molecule has 0 radical (unpaired) electrons. The second kappa shape index (κ2) is 5.76. The van der Waals surface area contributed by atoms with E-state index in [1.807, 2.05) is 12.1 Å². The molecular weight excluding hydrogens is 278 g/mol. The van der Waals surface area contributed by atoms with Crippen LogP contribution in [0.4, 0.5) is 0 Å². The van der Waals surface area contributed by atoms with E-state index in [-0.39, 0.29) is 11.7 Å². The lowest BCUT2D eigenvalue weighted by atomic mass is 9.78. The predicted octanol–water partition coefficient (Wildman–Crippen LogP) is 4.24. The number of nitrogens with zero attached hydrogens (tertiary/aromatic N) is 1. The number of carbonyl (C=O) groups is 1. The SMILES string of the molecule is CCC1CCC(C(=O)c2ccc(Br)cn2)CC1. The average Bonchev–Trinajstić information content (AvgIpc) is 2.39. The van der Waals surface area contributed by atoms with Crippen LogP contribution in [0.3, 0.4) is 0 Å². The molecule has 0 saturated heterocycles. The van der Waals surface area contributed by atoms with Crippen molar-refractivity contribution in [1.29, 1.82) is 0 Å². The number of halogens is 1. The standard InChI is InChI=1S/C14H18BrNO/c1-2-10-3-5-11(6-4-10)14(17)13-8-7-12(15)9-16-13/h7-11H,2-6H2,1H3.